The fourth-order valence-electron chi connectivity index (χ4n) is 2.55. The van der Waals surface area contributed by atoms with Gasteiger partial charge >= 0.3 is 0 Å². The topological polar surface area (TPSA) is 32.7 Å². The highest BCUT2D eigenvalue weighted by Gasteiger charge is 2.11. The number of hydrogen-bond donors (Lipinski definition) is 1. The molecule has 0 aliphatic heterocycles. The monoisotopic (exact) mass is 313 g/mol. The first-order valence-electron chi connectivity index (χ1n) is 8.16. The molecule has 0 fully saturated rings. The third-order valence-electron chi connectivity index (χ3n) is 3.98. The zero-order valence-electron chi connectivity index (χ0n) is 14.5. The van der Waals surface area contributed by atoms with Crippen LogP contribution in [0.25, 0.3) is 0 Å². The molecule has 0 atom stereocenters. The Labute approximate surface area is 139 Å². The molecule has 0 radical (unpaired) electrons. The first kappa shape index (κ1) is 17.4. The third kappa shape index (κ3) is 5.00. The summed E-state index contributed by atoms with van der Waals surface area (Å²) in [5.41, 5.74) is 3.21. The van der Waals surface area contributed by atoms with Crippen LogP contribution in [0.15, 0.2) is 42.5 Å². The van der Waals surface area contributed by atoms with E-state index in [9.17, 15) is 5.11 Å². The van der Waals surface area contributed by atoms with Crippen LogP contribution in [0.2, 0.25) is 0 Å². The van der Waals surface area contributed by atoms with E-state index in [4.69, 9.17) is 4.74 Å². The smallest absolute Gasteiger partial charge is 0.123 e. The van der Waals surface area contributed by atoms with E-state index < -0.39 is 0 Å². The largest absolute Gasteiger partial charge is 0.508 e. The van der Waals surface area contributed by atoms with E-state index in [1.165, 1.54) is 5.56 Å². The molecule has 0 aliphatic carbocycles. The molecule has 23 heavy (non-hydrogen) atoms. The molecule has 0 spiro atoms. The molecule has 0 unspecified atom stereocenters. The SMILES string of the molecule is Cc1cc(OCCN(C)Cc2ccccc2)c(C(C)C)cc1O. The maximum Gasteiger partial charge on any atom is 0.123 e. The molecule has 2 aromatic rings. The number of aryl methyl sites for hydroxylation is 1. The van der Waals surface area contributed by atoms with Crippen molar-refractivity contribution in [1.29, 1.82) is 0 Å². The molecule has 0 saturated carbocycles. The van der Waals surface area contributed by atoms with Crippen molar-refractivity contribution >= 4 is 0 Å². The molecule has 1 N–H and O–H groups in total. The second kappa shape index (κ2) is 8.02. The van der Waals surface area contributed by atoms with Gasteiger partial charge in [0.05, 0.1) is 0 Å². The Balaban J connectivity index is 1.92. The van der Waals surface area contributed by atoms with Crippen LogP contribution in [0, 0.1) is 6.92 Å². The molecule has 0 aromatic heterocycles. The molecule has 0 bridgehead atoms. The van der Waals surface area contributed by atoms with Gasteiger partial charge in [0, 0.05) is 18.7 Å². The number of phenols is 1. The lowest BCUT2D eigenvalue weighted by atomic mass is 10.00. The number of rotatable bonds is 7. The summed E-state index contributed by atoms with van der Waals surface area (Å²) in [5.74, 6) is 1.53. The summed E-state index contributed by atoms with van der Waals surface area (Å²) in [6, 6.07) is 14.2. The predicted octanol–water partition coefficient (Wildman–Crippen LogP) is 4.33. The number of phenolic OH excluding ortho intramolecular Hbond substituents is 1. The van der Waals surface area contributed by atoms with E-state index in [1.807, 2.05) is 25.1 Å². The van der Waals surface area contributed by atoms with E-state index >= 15 is 0 Å². The van der Waals surface area contributed by atoms with Gasteiger partial charge in [0.25, 0.3) is 0 Å². The van der Waals surface area contributed by atoms with Gasteiger partial charge in [0.1, 0.15) is 18.1 Å². The third-order valence-corrected chi connectivity index (χ3v) is 3.98. The maximum atomic E-state index is 9.89. The summed E-state index contributed by atoms with van der Waals surface area (Å²) in [4.78, 5) is 2.25. The number of aromatic hydroxyl groups is 1. The predicted molar refractivity (Wildman–Crippen MR) is 95.2 cm³/mol. The number of hydrogen-bond acceptors (Lipinski definition) is 3. The van der Waals surface area contributed by atoms with Crippen molar-refractivity contribution in [3.05, 3.63) is 59.2 Å². The van der Waals surface area contributed by atoms with Gasteiger partial charge in [-0.3, -0.25) is 4.90 Å². The summed E-state index contributed by atoms with van der Waals surface area (Å²) in [5, 5.41) is 9.89. The van der Waals surface area contributed by atoms with E-state index in [0.717, 1.165) is 30.0 Å². The van der Waals surface area contributed by atoms with Crippen LogP contribution in [0.1, 0.15) is 36.5 Å². The second-order valence-corrected chi connectivity index (χ2v) is 6.40. The Morgan fingerprint density at radius 2 is 1.83 bits per heavy atom. The maximum absolute atomic E-state index is 9.89. The first-order valence-corrected chi connectivity index (χ1v) is 8.16. The van der Waals surface area contributed by atoms with Crippen molar-refractivity contribution in [2.45, 2.75) is 33.2 Å². The van der Waals surface area contributed by atoms with Crippen molar-refractivity contribution < 1.29 is 9.84 Å². The Morgan fingerprint density at radius 1 is 1.13 bits per heavy atom. The molecule has 0 saturated heterocycles. The Hall–Kier alpha value is -2.00. The van der Waals surface area contributed by atoms with Crippen LogP contribution >= 0.6 is 0 Å². The van der Waals surface area contributed by atoms with Crippen LogP contribution in [-0.4, -0.2) is 30.2 Å². The average molecular weight is 313 g/mol. The molecule has 3 heteroatoms. The molecule has 124 valence electrons. The minimum absolute atomic E-state index is 0.318. The van der Waals surface area contributed by atoms with Crippen molar-refractivity contribution in [2.75, 3.05) is 20.2 Å². The summed E-state index contributed by atoms with van der Waals surface area (Å²) < 4.78 is 5.99. The Kier molecular flexibility index (Phi) is 6.05. The van der Waals surface area contributed by atoms with Gasteiger partial charge in [0.15, 0.2) is 0 Å². The number of likely N-dealkylation sites (N-methyl/N-ethyl adjacent to an activating group) is 1. The van der Waals surface area contributed by atoms with Crippen LogP contribution in [0.5, 0.6) is 11.5 Å². The van der Waals surface area contributed by atoms with E-state index in [-0.39, 0.29) is 0 Å². The van der Waals surface area contributed by atoms with E-state index in [2.05, 4.69) is 50.1 Å². The van der Waals surface area contributed by atoms with Crippen LogP contribution in [0.3, 0.4) is 0 Å². The van der Waals surface area contributed by atoms with Gasteiger partial charge in [0.2, 0.25) is 0 Å². The summed E-state index contributed by atoms with van der Waals surface area (Å²) in [6.07, 6.45) is 0. The van der Waals surface area contributed by atoms with Crippen LogP contribution in [-0.2, 0) is 6.54 Å². The molecule has 2 rings (SSSR count). The van der Waals surface area contributed by atoms with Gasteiger partial charge in [-0.25, -0.2) is 0 Å². The number of nitrogens with zero attached hydrogens (tertiary/aromatic N) is 1. The average Bonchev–Trinajstić information content (AvgIpc) is 2.51. The lowest BCUT2D eigenvalue weighted by Gasteiger charge is -2.19. The van der Waals surface area contributed by atoms with Gasteiger partial charge < -0.3 is 9.84 Å². The van der Waals surface area contributed by atoms with Crippen molar-refractivity contribution in [3.63, 3.8) is 0 Å². The summed E-state index contributed by atoms with van der Waals surface area (Å²) in [7, 11) is 2.10. The highest BCUT2D eigenvalue weighted by molar-refractivity contribution is 5.46. The summed E-state index contributed by atoms with van der Waals surface area (Å²) in [6.45, 7) is 8.51. The minimum Gasteiger partial charge on any atom is -0.508 e. The molecule has 0 heterocycles. The quantitative estimate of drug-likeness (QED) is 0.825. The van der Waals surface area contributed by atoms with E-state index in [0.29, 0.717) is 18.3 Å². The highest BCUT2D eigenvalue weighted by atomic mass is 16.5. The van der Waals surface area contributed by atoms with Gasteiger partial charge in [-0.2, -0.15) is 0 Å². The van der Waals surface area contributed by atoms with E-state index in [1.54, 1.807) is 0 Å². The lowest BCUT2D eigenvalue weighted by molar-refractivity contribution is 0.231. The minimum atomic E-state index is 0.318. The summed E-state index contributed by atoms with van der Waals surface area (Å²) >= 11 is 0. The van der Waals surface area contributed by atoms with Gasteiger partial charge in [-0.05, 0) is 43.1 Å². The van der Waals surface area contributed by atoms with Crippen molar-refractivity contribution in [3.8, 4) is 11.5 Å². The van der Waals surface area contributed by atoms with Crippen molar-refractivity contribution in [2.24, 2.45) is 0 Å². The molecular weight excluding hydrogens is 286 g/mol. The standard InChI is InChI=1S/C20H27NO2/c1-15(2)18-13-19(22)16(3)12-20(18)23-11-10-21(4)14-17-8-6-5-7-9-17/h5-9,12-13,15,22H,10-11,14H2,1-4H3. The Bertz CT molecular complexity index is 623. The fourth-order valence-corrected chi connectivity index (χ4v) is 2.55. The van der Waals surface area contributed by atoms with Crippen LogP contribution in [0.4, 0.5) is 0 Å². The molecule has 0 aliphatic rings. The zero-order valence-corrected chi connectivity index (χ0v) is 14.5. The zero-order chi connectivity index (χ0) is 16.8. The van der Waals surface area contributed by atoms with Crippen molar-refractivity contribution in [1.82, 2.24) is 4.90 Å². The second-order valence-electron chi connectivity index (χ2n) is 6.40. The number of benzene rings is 2. The first-order chi connectivity index (χ1) is 11.0. The molecule has 0 amide bonds. The van der Waals surface area contributed by atoms with Gasteiger partial charge in [-0.1, -0.05) is 44.2 Å². The van der Waals surface area contributed by atoms with Gasteiger partial charge in [-0.15, -0.1) is 0 Å². The molecule has 3 nitrogen and oxygen atoms in total. The Morgan fingerprint density at radius 3 is 2.48 bits per heavy atom. The fraction of sp³-hybridized carbons (Fsp3) is 0.400. The molecular formula is C20H27NO2. The molecule has 2 aromatic carbocycles. The highest BCUT2D eigenvalue weighted by Crippen LogP contribution is 2.32. The number of ether oxygens (including phenoxy) is 1. The lowest BCUT2D eigenvalue weighted by Crippen LogP contribution is -2.24. The normalized spacial score (nSPS) is 11.2. The van der Waals surface area contributed by atoms with Crippen LogP contribution < -0.4 is 4.74 Å².